The molecule has 0 bridgehead atoms. The average molecular weight is 370 g/mol. The minimum Gasteiger partial charge on any atom is -0.361 e. The number of rotatable bonds is 4. The summed E-state index contributed by atoms with van der Waals surface area (Å²) in [7, 11) is 0.345. The van der Waals surface area contributed by atoms with Gasteiger partial charge >= 0.3 is 0 Å². The summed E-state index contributed by atoms with van der Waals surface area (Å²) in [6, 6.07) is -0.231. The van der Waals surface area contributed by atoms with E-state index in [-0.39, 0.29) is 36.0 Å². The molecule has 2 aliphatic heterocycles. The summed E-state index contributed by atoms with van der Waals surface area (Å²) in [5.41, 5.74) is 1.88. The largest absolute Gasteiger partial charge is 0.361 e. The zero-order chi connectivity index (χ0) is 18.4. The summed E-state index contributed by atoms with van der Waals surface area (Å²) in [4.78, 5) is 17.9. The van der Waals surface area contributed by atoms with Gasteiger partial charge in [-0.25, -0.2) is 8.42 Å². The van der Waals surface area contributed by atoms with E-state index in [0.29, 0.717) is 13.1 Å². The van der Waals surface area contributed by atoms with E-state index in [1.54, 1.807) is 19.0 Å². The Morgan fingerprint density at radius 1 is 1.20 bits per heavy atom. The summed E-state index contributed by atoms with van der Waals surface area (Å²) in [6.45, 7) is 6.09. The van der Waals surface area contributed by atoms with Crippen molar-refractivity contribution >= 4 is 15.7 Å². The number of hydrogen-bond acceptors (Lipinski definition) is 7. The molecule has 0 saturated carbocycles. The van der Waals surface area contributed by atoms with E-state index in [2.05, 4.69) is 10.1 Å². The third-order valence-corrected chi connectivity index (χ3v) is 6.98. The molecule has 2 atom stereocenters. The zero-order valence-corrected chi connectivity index (χ0v) is 16.0. The minimum atomic E-state index is -3.10. The van der Waals surface area contributed by atoms with Gasteiger partial charge in [-0.05, 0) is 13.8 Å². The van der Waals surface area contributed by atoms with E-state index < -0.39 is 9.84 Å². The lowest BCUT2D eigenvalue weighted by atomic mass is 10.0. The molecular weight excluding hydrogens is 344 g/mol. The molecule has 0 spiro atoms. The van der Waals surface area contributed by atoms with Gasteiger partial charge in [0.05, 0.1) is 23.7 Å². The standard InChI is InChI=1S/C16H26N4O4S/c1-11-13(12(2)24-17-11)7-19-5-6-20(8-16(21)18(3)4)15-10-25(22,23)9-14(15)19/h14-15H,5-10H2,1-4H3/t14-,15+/m0/s1. The van der Waals surface area contributed by atoms with Gasteiger partial charge in [-0.15, -0.1) is 0 Å². The van der Waals surface area contributed by atoms with Gasteiger partial charge in [0.15, 0.2) is 9.84 Å². The van der Waals surface area contributed by atoms with Gasteiger partial charge in [-0.3, -0.25) is 14.6 Å². The number of amides is 1. The molecule has 2 fully saturated rings. The van der Waals surface area contributed by atoms with E-state index in [9.17, 15) is 13.2 Å². The summed E-state index contributed by atoms with van der Waals surface area (Å²) in [5.74, 6) is 1.05. The van der Waals surface area contributed by atoms with E-state index in [1.807, 2.05) is 18.7 Å². The topological polar surface area (TPSA) is 87.0 Å². The van der Waals surface area contributed by atoms with Crippen LogP contribution >= 0.6 is 0 Å². The van der Waals surface area contributed by atoms with Crippen LogP contribution in [0.25, 0.3) is 0 Å². The molecule has 1 amide bonds. The third-order valence-electron chi connectivity index (χ3n) is 5.29. The molecule has 1 aromatic heterocycles. The lowest BCUT2D eigenvalue weighted by Crippen LogP contribution is -2.60. The number of aryl methyl sites for hydroxylation is 2. The molecule has 3 heterocycles. The fourth-order valence-corrected chi connectivity index (χ4v) is 5.78. The number of carbonyl (C=O) groups excluding carboxylic acids is 1. The molecule has 9 heteroatoms. The summed E-state index contributed by atoms with van der Waals surface area (Å²) < 4.78 is 29.8. The summed E-state index contributed by atoms with van der Waals surface area (Å²) in [6.07, 6.45) is 0. The first kappa shape index (κ1) is 18.3. The van der Waals surface area contributed by atoms with Crippen LogP contribution in [0.1, 0.15) is 17.0 Å². The Morgan fingerprint density at radius 3 is 2.36 bits per heavy atom. The Morgan fingerprint density at radius 2 is 1.80 bits per heavy atom. The van der Waals surface area contributed by atoms with Crippen molar-refractivity contribution in [3.63, 3.8) is 0 Å². The lowest BCUT2D eigenvalue weighted by molar-refractivity contribution is -0.131. The van der Waals surface area contributed by atoms with Crippen LogP contribution in [0.15, 0.2) is 4.52 Å². The molecule has 0 unspecified atom stereocenters. The molecule has 0 aromatic carbocycles. The first-order valence-electron chi connectivity index (χ1n) is 8.48. The Labute approximate surface area is 148 Å². The van der Waals surface area contributed by atoms with E-state index >= 15 is 0 Å². The fraction of sp³-hybridized carbons (Fsp3) is 0.750. The second-order valence-corrected chi connectivity index (χ2v) is 9.40. The Kier molecular flexibility index (Phi) is 4.91. The molecule has 3 rings (SSSR count). The van der Waals surface area contributed by atoms with Crippen molar-refractivity contribution in [2.75, 3.05) is 45.2 Å². The summed E-state index contributed by atoms with van der Waals surface area (Å²) in [5, 5.41) is 3.99. The normalized spacial score (nSPS) is 26.6. The maximum absolute atomic E-state index is 12.3. The zero-order valence-electron chi connectivity index (χ0n) is 15.2. The van der Waals surface area contributed by atoms with Crippen LogP contribution in [0.2, 0.25) is 0 Å². The Bertz CT molecular complexity index is 739. The monoisotopic (exact) mass is 370 g/mol. The number of sulfone groups is 1. The maximum Gasteiger partial charge on any atom is 0.236 e. The number of aromatic nitrogens is 1. The minimum absolute atomic E-state index is 0.00206. The van der Waals surface area contributed by atoms with Crippen molar-refractivity contribution in [3.05, 3.63) is 17.0 Å². The van der Waals surface area contributed by atoms with Crippen LogP contribution in [-0.4, -0.2) is 91.5 Å². The highest BCUT2D eigenvalue weighted by molar-refractivity contribution is 7.91. The van der Waals surface area contributed by atoms with Crippen molar-refractivity contribution in [2.45, 2.75) is 32.5 Å². The second-order valence-electron chi connectivity index (χ2n) is 7.24. The number of hydrogen-bond donors (Lipinski definition) is 0. The van der Waals surface area contributed by atoms with Crippen molar-refractivity contribution < 1.29 is 17.7 Å². The van der Waals surface area contributed by atoms with Crippen molar-refractivity contribution in [2.24, 2.45) is 0 Å². The number of nitrogens with zero attached hydrogens (tertiary/aromatic N) is 4. The van der Waals surface area contributed by atoms with E-state index in [4.69, 9.17) is 4.52 Å². The van der Waals surface area contributed by atoms with Crippen molar-refractivity contribution in [1.29, 1.82) is 0 Å². The molecule has 0 aliphatic carbocycles. The third kappa shape index (κ3) is 3.73. The number of carbonyl (C=O) groups is 1. The van der Waals surface area contributed by atoms with E-state index in [0.717, 1.165) is 23.6 Å². The van der Waals surface area contributed by atoms with Crippen molar-refractivity contribution in [3.8, 4) is 0 Å². The van der Waals surface area contributed by atoms with Crippen LogP contribution in [0.4, 0.5) is 0 Å². The van der Waals surface area contributed by atoms with Crippen LogP contribution in [0.3, 0.4) is 0 Å². The smallest absolute Gasteiger partial charge is 0.236 e. The highest BCUT2D eigenvalue weighted by atomic mass is 32.2. The first-order chi connectivity index (χ1) is 11.7. The maximum atomic E-state index is 12.3. The summed E-state index contributed by atoms with van der Waals surface area (Å²) >= 11 is 0. The predicted molar refractivity (Wildman–Crippen MR) is 92.9 cm³/mol. The predicted octanol–water partition coefficient (Wildman–Crippen LogP) is -0.337. The Hall–Kier alpha value is -1.45. The van der Waals surface area contributed by atoms with Gasteiger partial charge in [-0.1, -0.05) is 5.16 Å². The van der Waals surface area contributed by atoms with Gasteiger partial charge in [0.2, 0.25) is 5.91 Å². The average Bonchev–Trinajstić information content (AvgIpc) is 3.02. The van der Waals surface area contributed by atoms with Crippen LogP contribution in [0.5, 0.6) is 0 Å². The van der Waals surface area contributed by atoms with Gasteiger partial charge in [0, 0.05) is 51.4 Å². The lowest BCUT2D eigenvalue weighted by Gasteiger charge is -2.43. The molecule has 1 aromatic rings. The first-order valence-corrected chi connectivity index (χ1v) is 10.3. The molecule has 8 nitrogen and oxygen atoms in total. The van der Waals surface area contributed by atoms with Gasteiger partial charge in [0.1, 0.15) is 5.76 Å². The molecule has 140 valence electrons. The SMILES string of the molecule is Cc1noc(C)c1CN1CCN(CC(=O)N(C)C)[C@@H]2CS(=O)(=O)C[C@@H]21. The van der Waals surface area contributed by atoms with Gasteiger partial charge < -0.3 is 9.42 Å². The van der Waals surface area contributed by atoms with E-state index in [1.165, 1.54) is 0 Å². The molecule has 2 saturated heterocycles. The number of piperazine rings is 1. The molecule has 25 heavy (non-hydrogen) atoms. The molecule has 2 aliphatic rings. The second kappa shape index (κ2) is 6.69. The fourth-order valence-electron chi connectivity index (χ4n) is 3.74. The molecule has 0 N–H and O–H groups in total. The van der Waals surface area contributed by atoms with Gasteiger partial charge in [0.25, 0.3) is 0 Å². The highest BCUT2D eigenvalue weighted by Gasteiger charge is 2.47. The Balaban J connectivity index is 1.80. The highest BCUT2D eigenvalue weighted by Crippen LogP contribution is 2.29. The number of likely N-dealkylation sites (N-methyl/N-ethyl adjacent to an activating group) is 1. The number of fused-ring (bicyclic) bond motifs is 1. The van der Waals surface area contributed by atoms with Crippen LogP contribution in [0, 0.1) is 13.8 Å². The van der Waals surface area contributed by atoms with Gasteiger partial charge in [-0.2, -0.15) is 0 Å². The van der Waals surface area contributed by atoms with Crippen LogP contribution < -0.4 is 0 Å². The van der Waals surface area contributed by atoms with Crippen LogP contribution in [-0.2, 0) is 21.2 Å². The van der Waals surface area contributed by atoms with Crippen molar-refractivity contribution in [1.82, 2.24) is 19.9 Å². The molecule has 0 radical (unpaired) electrons. The molecular formula is C16H26N4O4S. The quantitative estimate of drug-likeness (QED) is 0.717.